The average Bonchev–Trinajstić information content (AvgIpc) is 2.57. The van der Waals surface area contributed by atoms with Gasteiger partial charge in [-0.15, -0.1) is 0 Å². The minimum Gasteiger partial charge on any atom is -0.484 e. The molecule has 2 rings (SSSR count). The minimum atomic E-state index is -0.225. The predicted molar refractivity (Wildman–Crippen MR) is 101 cm³/mol. The van der Waals surface area contributed by atoms with Crippen LogP contribution in [0.1, 0.15) is 21.5 Å². The third-order valence-electron chi connectivity index (χ3n) is 3.51. The normalized spacial score (nSPS) is 10.2. The molecule has 2 N–H and O–H groups in total. The summed E-state index contributed by atoms with van der Waals surface area (Å²) in [7, 11) is 0. The van der Waals surface area contributed by atoms with E-state index in [-0.39, 0.29) is 18.4 Å². The quantitative estimate of drug-likeness (QED) is 0.696. The van der Waals surface area contributed by atoms with Crippen LogP contribution in [0.15, 0.2) is 46.9 Å². The molecule has 0 radical (unpaired) electrons. The first-order valence-corrected chi connectivity index (χ1v) is 8.75. The zero-order valence-electron chi connectivity index (χ0n) is 14.3. The zero-order valence-corrected chi connectivity index (χ0v) is 15.9. The molecule has 132 valence electrons. The van der Waals surface area contributed by atoms with Crippen molar-refractivity contribution in [2.45, 2.75) is 13.8 Å². The van der Waals surface area contributed by atoms with Crippen molar-refractivity contribution in [3.63, 3.8) is 0 Å². The van der Waals surface area contributed by atoms with Gasteiger partial charge >= 0.3 is 0 Å². The summed E-state index contributed by atoms with van der Waals surface area (Å²) < 4.78 is 6.35. The van der Waals surface area contributed by atoms with Gasteiger partial charge in [0.15, 0.2) is 6.61 Å². The van der Waals surface area contributed by atoms with Gasteiger partial charge in [0.25, 0.3) is 11.8 Å². The lowest BCUT2D eigenvalue weighted by Crippen LogP contribution is -2.36. The number of hydrogen-bond acceptors (Lipinski definition) is 3. The number of aryl methyl sites for hydroxylation is 2. The van der Waals surface area contributed by atoms with Crippen molar-refractivity contribution in [3.05, 3.63) is 63.6 Å². The van der Waals surface area contributed by atoms with Crippen LogP contribution < -0.4 is 15.4 Å². The van der Waals surface area contributed by atoms with Gasteiger partial charge in [0, 0.05) is 23.1 Å². The maximum Gasteiger partial charge on any atom is 0.258 e. The number of rotatable bonds is 7. The predicted octanol–water partition coefficient (Wildman–Crippen LogP) is 2.99. The van der Waals surface area contributed by atoms with E-state index < -0.39 is 0 Å². The molecule has 0 aromatic heterocycles. The molecule has 6 heteroatoms. The van der Waals surface area contributed by atoms with Gasteiger partial charge in [-0.3, -0.25) is 9.59 Å². The first kappa shape index (κ1) is 19.0. The Hall–Kier alpha value is -2.34. The monoisotopic (exact) mass is 404 g/mol. The Morgan fingerprint density at radius 2 is 1.80 bits per heavy atom. The van der Waals surface area contributed by atoms with Crippen molar-refractivity contribution in [3.8, 4) is 5.75 Å². The lowest BCUT2D eigenvalue weighted by Gasteiger charge is -2.10. The molecule has 5 nitrogen and oxygen atoms in total. The summed E-state index contributed by atoms with van der Waals surface area (Å²) in [5, 5.41) is 5.47. The summed E-state index contributed by atoms with van der Waals surface area (Å²) in [5.41, 5.74) is 2.71. The number of halogens is 1. The van der Waals surface area contributed by atoms with Crippen molar-refractivity contribution >= 4 is 27.7 Å². The number of carbonyl (C=O) groups excluding carboxylic acids is 2. The maximum atomic E-state index is 11.9. The topological polar surface area (TPSA) is 67.4 Å². The van der Waals surface area contributed by atoms with E-state index in [1.807, 2.05) is 38.1 Å². The molecule has 25 heavy (non-hydrogen) atoms. The van der Waals surface area contributed by atoms with Crippen LogP contribution in [-0.2, 0) is 4.79 Å². The molecular formula is C19H21BrN2O3. The number of nitrogens with one attached hydrogen (secondary N) is 2. The molecule has 0 unspecified atom stereocenters. The number of carbonyl (C=O) groups is 2. The van der Waals surface area contributed by atoms with Gasteiger partial charge in [0.1, 0.15) is 5.75 Å². The summed E-state index contributed by atoms with van der Waals surface area (Å²) in [4.78, 5) is 23.7. The van der Waals surface area contributed by atoms with Crippen LogP contribution in [-0.4, -0.2) is 31.5 Å². The molecule has 2 amide bonds. The Morgan fingerprint density at radius 1 is 1.04 bits per heavy atom. The van der Waals surface area contributed by atoms with E-state index in [1.165, 1.54) is 0 Å². The van der Waals surface area contributed by atoms with Crippen molar-refractivity contribution < 1.29 is 14.3 Å². The standard InChI is InChI=1S/C19H21BrN2O3/c1-13-6-7-17(14(2)10-13)25-12-18(23)21-8-9-22-19(24)15-4-3-5-16(20)11-15/h3-7,10-11H,8-9,12H2,1-2H3,(H,21,23)(H,22,24). The Labute approximate surface area is 155 Å². The van der Waals surface area contributed by atoms with Crippen LogP contribution in [0.2, 0.25) is 0 Å². The van der Waals surface area contributed by atoms with Crippen molar-refractivity contribution in [1.82, 2.24) is 10.6 Å². The second-order valence-electron chi connectivity index (χ2n) is 5.67. The Kier molecular flexibility index (Phi) is 7.01. The van der Waals surface area contributed by atoms with Crippen molar-refractivity contribution in [2.75, 3.05) is 19.7 Å². The SMILES string of the molecule is Cc1ccc(OCC(=O)NCCNC(=O)c2cccc(Br)c2)c(C)c1. The molecule has 0 atom stereocenters. The largest absolute Gasteiger partial charge is 0.484 e. The van der Waals surface area contributed by atoms with Gasteiger partial charge in [-0.25, -0.2) is 0 Å². The van der Waals surface area contributed by atoms with Crippen molar-refractivity contribution in [2.24, 2.45) is 0 Å². The van der Waals surface area contributed by atoms with Crippen LogP contribution >= 0.6 is 15.9 Å². The lowest BCUT2D eigenvalue weighted by molar-refractivity contribution is -0.123. The molecule has 0 heterocycles. The summed E-state index contributed by atoms with van der Waals surface area (Å²) in [6.07, 6.45) is 0. The molecule has 2 aromatic rings. The van der Waals surface area contributed by atoms with E-state index >= 15 is 0 Å². The molecule has 2 aromatic carbocycles. The molecule has 0 saturated heterocycles. The maximum absolute atomic E-state index is 11.9. The number of benzene rings is 2. The lowest BCUT2D eigenvalue weighted by atomic mass is 10.1. The summed E-state index contributed by atoms with van der Waals surface area (Å²) in [5.74, 6) is 0.294. The van der Waals surface area contributed by atoms with Gasteiger partial charge in [-0.05, 0) is 43.7 Å². The zero-order chi connectivity index (χ0) is 18.2. The Balaban J connectivity index is 1.67. The molecule has 0 fully saturated rings. The van der Waals surface area contributed by atoms with E-state index in [9.17, 15) is 9.59 Å². The van der Waals surface area contributed by atoms with Crippen molar-refractivity contribution in [1.29, 1.82) is 0 Å². The van der Waals surface area contributed by atoms with Gasteiger partial charge in [-0.1, -0.05) is 39.7 Å². The number of amides is 2. The second kappa shape index (κ2) is 9.22. The molecule has 0 aliphatic rings. The second-order valence-corrected chi connectivity index (χ2v) is 6.59. The summed E-state index contributed by atoms with van der Waals surface area (Å²) in [6, 6.07) is 12.9. The molecule has 0 saturated carbocycles. The van der Waals surface area contributed by atoms with E-state index in [1.54, 1.807) is 18.2 Å². The highest BCUT2D eigenvalue weighted by Gasteiger charge is 2.07. The first-order valence-electron chi connectivity index (χ1n) is 7.96. The smallest absolute Gasteiger partial charge is 0.258 e. The fraction of sp³-hybridized carbons (Fsp3) is 0.263. The highest BCUT2D eigenvalue weighted by molar-refractivity contribution is 9.10. The molecule has 0 bridgehead atoms. The van der Waals surface area contributed by atoms with E-state index in [4.69, 9.17) is 4.74 Å². The van der Waals surface area contributed by atoms with Crippen LogP contribution in [0.5, 0.6) is 5.75 Å². The highest BCUT2D eigenvalue weighted by atomic mass is 79.9. The number of hydrogen-bond donors (Lipinski definition) is 2. The minimum absolute atomic E-state index is 0.0521. The highest BCUT2D eigenvalue weighted by Crippen LogP contribution is 2.18. The number of ether oxygens (including phenoxy) is 1. The molecular weight excluding hydrogens is 384 g/mol. The van der Waals surface area contributed by atoms with E-state index in [0.717, 1.165) is 15.6 Å². The fourth-order valence-electron chi connectivity index (χ4n) is 2.27. The third kappa shape index (κ3) is 6.23. The van der Waals surface area contributed by atoms with E-state index in [0.29, 0.717) is 24.4 Å². The van der Waals surface area contributed by atoms with Gasteiger partial charge < -0.3 is 15.4 Å². The third-order valence-corrected chi connectivity index (χ3v) is 4.00. The summed E-state index contributed by atoms with van der Waals surface area (Å²) >= 11 is 3.33. The van der Waals surface area contributed by atoms with Gasteiger partial charge in [-0.2, -0.15) is 0 Å². The van der Waals surface area contributed by atoms with Crippen LogP contribution in [0.25, 0.3) is 0 Å². The average molecular weight is 405 g/mol. The first-order chi connectivity index (χ1) is 12.0. The van der Waals surface area contributed by atoms with Crippen LogP contribution in [0.4, 0.5) is 0 Å². The van der Waals surface area contributed by atoms with Gasteiger partial charge in [0.05, 0.1) is 0 Å². The Morgan fingerprint density at radius 3 is 2.52 bits per heavy atom. The van der Waals surface area contributed by atoms with Gasteiger partial charge in [0.2, 0.25) is 0 Å². The molecule has 0 aliphatic carbocycles. The molecule has 0 aliphatic heterocycles. The Bertz CT molecular complexity index is 762. The van der Waals surface area contributed by atoms with Crippen LogP contribution in [0.3, 0.4) is 0 Å². The van der Waals surface area contributed by atoms with E-state index in [2.05, 4.69) is 26.6 Å². The fourth-order valence-corrected chi connectivity index (χ4v) is 2.66. The summed E-state index contributed by atoms with van der Waals surface area (Å²) in [6.45, 7) is 4.59. The molecule has 0 spiro atoms. The van der Waals surface area contributed by atoms with Crippen LogP contribution in [0, 0.1) is 13.8 Å².